The van der Waals surface area contributed by atoms with E-state index in [4.69, 9.17) is 9.47 Å². The van der Waals surface area contributed by atoms with Gasteiger partial charge in [-0.05, 0) is 92.1 Å². The minimum atomic E-state index is -3.70. The van der Waals surface area contributed by atoms with Crippen molar-refractivity contribution in [3.63, 3.8) is 0 Å². The Labute approximate surface area is 438 Å². The van der Waals surface area contributed by atoms with Gasteiger partial charge in [0.15, 0.2) is 0 Å². The fraction of sp³-hybridized carbons (Fsp3) is 0.358. The van der Waals surface area contributed by atoms with E-state index in [2.05, 4.69) is 46.9 Å². The van der Waals surface area contributed by atoms with Gasteiger partial charge in [0.2, 0.25) is 27.7 Å². The summed E-state index contributed by atoms with van der Waals surface area (Å²) >= 11 is 1.55. The summed E-state index contributed by atoms with van der Waals surface area (Å²) in [6.07, 6.45) is 0.536. The number of carbonyl (C=O) groups is 4. The summed E-state index contributed by atoms with van der Waals surface area (Å²) < 4.78 is 52.8. The van der Waals surface area contributed by atoms with E-state index in [9.17, 15) is 42.4 Å². The number of hydrogen-bond donors (Lipinski definition) is 6. The zero-order valence-corrected chi connectivity index (χ0v) is 43.9. The summed E-state index contributed by atoms with van der Waals surface area (Å²) in [7, 11) is -3.70. The Morgan fingerprint density at radius 3 is 2.40 bits per heavy atom. The number of hydrogen-bond acceptors (Lipinski definition) is 15. The second kappa shape index (κ2) is 24.1. The number of aliphatic hydroxyl groups excluding tert-OH is 1. The van der Waals surface area contributed by atoms with E-state index in [0.717, 1.165) is 21.7 Å². The van der Waals surface area contributed by atoms with Crippen molar-refractivity contribution in [3.8, 4) is 33.5 Å². The van der Waals surface area contributed by atoms with Crippen molar-refractivity contribution >= 4 is 62.4 Å². The number of nitrogens with one attached hydrogen (secondary N) is 5. The summed E-state index contributed by atoms with van der Waals surface area (Å²) in [5.74, 6) is -1.94. The Kier molecular flexibility index (Phi) is 17.7. The van der Waals surface area contributed by atoms with Crippen LogP contribution in [0.25, 0.3) is 21.7 Å². The Bertz CT molecular complexity index is 3150. The molecule has 3 aromatic carbocycles. The molecule has 4 atom stereocenters. The minimum Gasteiger partial charge on any atom is -0.484 e. The normalized spacial score (nSPS) is 15.3. The van der Waals surface area contributed by atoms with Gasteiger partial charge in [-0.3, -0.25) is 24.2 Å². The highest BCUT2D eigenvalue weighted by Gasteiger charge is 2.44. The van der Waals surface area contributed by atoms with Gasteiger partial charge < -0.3 is 35.4 Å². The molecule has 22 heteroatoms. The highest BCUT2D eigenvalue weighted by atomic mass is 32.2. The van der Waals surface area contributed by atoms with Gasteiger partial charge in [0.25, 0.3) is 0 Å². The zero-order valence-electron chi connectivity index (χ0n) is 42.3. The molecule has 0 saturated carbocycles. The van der Waals surface area contributed by atoms with Crippen molar-refractivity contribution in [2.45, 2.75) is 98.1 Å². The number of H-pyrrole nitrogens is 1. The van der Waals surface area contributed by atoms with Crippen molar-refractivity contribution in [1.29, 1.82) is 5.26 Å². The van der Waals surface area contributed by atoms with E-state index in [0.29, 0.717) is 24.0 Å². The van der Waals surface area contributed by atoms with Gasteiger partial charge in [-0.2, -0.15) is 10.4 Å². The van der Waals surface area contributed by atoms with E-state index in [1.54, 1.807) is 48.0 Å². The number of β-amino-alcohol motifs (C(OH)–C–C–N with tert-alkyl or cyclic N) is 1. The number of aliphatic hydroxyl groups is 1. The number of aryl methyl sites for hydroxylation is 1. The standard InChI is InChI=1S/C53H59FN10O9S2/c1-7-75(70,71)63-41-21-17-36(24-43(41)73-32(3)34-15-19-38(54)20-16-34)46-40(26-55)49(62-61-46)59-44-22-18-37(28-56-44)52(69)72-23-9-8-10-45(66)60-48(53(4,5)6)51(68)64-29-39(65)25-42(64)50(67)57-27-33-11-13-35(14-12-33)47-31(2)58-30-74-47/h11-22,24,28,30,32,39,42,48,63,65H,7-10,23,25,27,29H2,1-6H3,(H,57,67)(H,60,66)(H2,56,59,61,62)/t32-,39+,42-,48+/m0/s1. The van der Waals surface area contributed by atoms with Crippen molar-refractivity contribution in [2.75, 3.05) is 28.9 Å². The van der Waals surface area contributed by atoms with Crippen LogP contribution < -0.4 is 25.4 Å². The molecule has 0 aliphatic carbocycles. The molecule has 19 nitrogen and oxygen atoms in total. The number of unbranched alkanes of at least 4 members (excludes halogenated alkanes) is 1. The molecule has 1 aliphatic heterocycles. The molecule has 6 aromatic rings. The topological polar surface area (TPSA) is 271 Å². The fourth-order valence-electron chi connectivity index (χ4n) is 8.20. The molecule has 7 rings (SSSR count). The van der Waals surface area contributed by atoms with Gasteiger partial charge in [0.05, 0.1) is 45.8 Å². The van der Waals surface area contributed by atoms with Crippen LogP contribution in [0.3, 0.4) is 0 Å². The van der Waals surface area contributed by atoms with E-state index in [1.165, 1.54) is 48.4 Å². The number of anilines is 3. The first-order valence-electron chi connectivity index (χ1n) is 24.2. The summed E-state index contributed by atoms with van der Waals surface area (Å²) in [6.45, 7) is 10.8. The SMILES string of the molecule is CCS(=O)(=O)Nc1ccc(-c2n[nH]c(Nc3ccc(C(=O)OCCCCC(=O)N[C@H](C(=O)N4C[C@H](O)C[C@H]4C(=O)NCc4ccc(-c5scnc5C)cc4)C(C)(C)C)cn3)c2C#N)cc1O[C@@H](C)c1ccc(F)cc1. The second-order valence-corrected chi connectivity index (χ2v) is 21.9. The lowest BCUT2D eigenvalue weighted by atomic mass is 9.85. The zero-order chi connectivity index (χ0) is 54.0. The molecule has 6 N–H and O–H groups in total. The third-order valence-electron chi connectivity index (χ3n) is 12.4. The quantitative estimate of drug-likeness (QED) is 0.0298. The van der Waals surface area contributed by atoms with Crippen molar-refractivity contribution in [2.24, 2.45) is 5.41 Å². The number of sulfonamides is 1. The van der Waals surface area contributed by atoms with E-state index in [1.807, 2.05) is 52.0 Å². The molecule has 3 aromatic heterocycles. The number of likely N-dealkylation sites (tertiary alicyclic amines) is 1. The van der Waals surface area contributed by atoms with Crippen LogP contribution in [0.2, 0.25) is 0 Å². The minimum absolute atomic E-state index is 0.00204. The number of halogens is 1. The van der Waals surface area contributed by atoms with Crippen LogP contribution in [-0.2, 0) is 35.7 Å². The van der Waals surface area contributed by atoms with Gasteiger partial charge in [0.1, 0.15) is 58.7 Å². The number of esters is 1. The monoisotopic (exact) mass is 1060 g/mol. The van der Waals surface area contributed by atoms with Crippen LogP contribution >= 0.6 is 11.3 Å². The van der Waals surface area contributed by atoms with Gasteiger partial charge in [0, 0.05) is 37.7 Å². The number of amides is 3. The van der Waals surface area contributed by atoms with Crippen LogP contribution in [-0.4, -0.2) is 99.4 Å². The lowest BCUT2D eigenvalue weighted by Crippen LogP contribution is -2.57. The van der Waals surface area contributed by atoms with Crippen LogP contribution in [0.1, 0.15) is 99.1 Å². The Morgan fingerprint density at radius 2 is 1.75 bits per heavy atom. The first-order valence-corrected chi connectivity index (χ1v) is 26.8. The molecule has 0 bridgehead atoms. The Hall–Kier alpha value is -7.74. The molecular weight excluding hydrogens is 1000 g/mol. The number of aromatic nitrogens is 4. The number of nitrogens with zero attached hydrogens (tertiary/aromatic N) is 5. The predicted octanol–water partition coefficient (Wildman–Crippen LogP) is 7.70. The number of aromatic amines is 1. The number of nitriles is 1. The van der Waals surface area contributed by atoms with Crippen LogP contribution in [0.15, 0.2) is 90.6 Å². The van der Waals surface area contributed by atoms with E-state index in [-0.39, 0.29) is 78.2 Å². The first-order chi connectivity index (χ1) is 35.7. The average Bonchev–Trinajstić information content (AvgIpc) is 4.13. The summed E-state index contributed by atoms with van der Waals surface area (Å²) in [4.78, 5) is 64.7. The lowest BCUT2D eigenvalue weighted by Gasteiger charge is -2.35. The molecule has 3 amide bonds. The highest BCUT2D eigenvalue weighted by Crippen LogP contribution is 2.37. The number of thiazole rings is 1. The van der Waals surface area contributed by atoms with Crippen LogP contribution in [0.5, 0.6) is 5.75 Å². The highest BCUT2D eigenvalue weighted by molar-refractivity contribution is 7.92. The molecule has 0 radical (unpaired) electrons. The third-order valence-corrected chi connectivity index (χ3v) is 14.7. The number of benzene rings is 3. The molecule has 0 spiro atoms. The van der Waals surface area contributed by atoms with Crippen LogP contribution in [0.4, 0.5) is 21.7 Å². The molecular formula is C53H59FN10O9S2. The average molecular weight is 1060 g/mol. The summed E-state index contributed by atoms with van der Waals surface area (Å²) in [6, 6.07) is 21.3. The Morgan fingerprint density at radius 1 is 1.01 bits per heavy atom. The summed E-state index contributed by atoms with van der Waals surface area (Å²) in [5, 5.41) is 36.7. The van der Waals surface area contributed by atoms with E-state index < -0.39 is 69.2 Å². The Balaban J connectivity index is 0.887. The predicted molar refractivity (Wildman–Crippen MR) is 281 cm³/mol. The molecule has 394 valence electrons. The van der Waals surface area contributed by atoms with Gasteiger partial charge in [-0.25, -0.2) is 27.6 Å². The fourth-order valence-corrected chi connectivity index (χ4v) is 9.66. The molecule has 1 fully saturated rings. The van der Waals surface area contributed by atoms with Crippen LogP contribution in [0, 0.1) is 29.5 Å². The van der Waals surface area contributed by atoms with Crippen molar-refractivity contribution in [3.05, 3.63) is 124 Å². The molecule has 75 heavy (non-hydrogen) atoms. The lowest BCUT2D eigenvalue weighted by molar-refractivity contribution is -0.144. The second-order valence-electron chi connectivity index (χ2n) is 19.1. The van der Waals surface area contributed by atoms with Gasteiger partial charge >= 0.3 is 5.97 Å². The van der Waals surface area contributed by atoms with E-state index >= 15 is 0 Å². The number of carbonyl (C=O) groups excluding carboxylic acids is 4. The first kappa shape index (κ1) is 55.0. The number of ether oxygens (including phenoxy) is 2. The molecule has 0 unspecified atom stereocenters. The smallest absolute Gasteiger partial charge is 0.339 e. The largest absolute Gasteiger partial charge is 0.484 e. The van der Waals surface area contributed by atoms with Gasteiger partial charge in [-0.15, -0.1) is 11.3 Å². The summed E-state index contributed by atoms with van der Waals surface area (Å²) in [5.41, 5.74) is 5.57. The number of pyridine rings is 1. The van der Waals surface area contributed by atoms with Crippen molar-refractivity contribution in [1.82, 2.24) is 35.7 Å². The molecule has 1 aliphatic rings. The number of rotatable bonds is 21. The maximum absolute atomic E-state index is 14.1. The van der Waals surface area contributed by atoms with Crippen molar-refractivity contribution < 1.29 is 46.6 Å². The molecule has 1 saturated heterocycles. The maximum atomic E-state index is 14.1. The molecule has 4 heterocycles. The third kappa shape index (κ3) is 14.1. The van der Waals surface area contributed by atoms with Gasteiger partial charge in [-0.1, -0.05) is 63.2 Å². The maximum Gasteiger partial charge on any atom is 0.339 e.